The minimum Gasteiger partial charge on any atom is -0.490 e. The van der Waals surface area contributed by atoms with Crippen molar-refractivity contribution in [1.29, 1.82) is 0 Å². The number of ether oxygens (including phenoxy) is 2. The maximum Gasteiger partial charge on any atom is 0.229 e. The van der Waals surface area contributed by atoms with Crippen LogP contribution in [0.1, 0.15) is 42.3 Å². The summed E-state index contributed by atoms with van der Waals surface area (Å²) in [5.74, 6) is 1.84. The van der Waals surface area contributed by atoms with Crippen LogP contribution in [0.3, 0.4) is 0 Å². The van der Waals surface area contributed by atoms with Crippen LogP contribution in [-0.2, 0) is 12.1 Å². The van der Waals surface area contributed by atoms with Gasteiger partial charge in [-0.15, -0.1) is 5.10 Å². The molecule has 1 atom stereocenters. The lowest BCUT2D eigenvalue weighted by Gasteiger charge is -2.46. The van der Waals surface area contributed by atoms with Gasteiger partial charge in [-0.2, -0.15) is 0 Å². The van der Waals surface area contributed by atoms with Gasteiger partial charge in [0, 0.05) is 17.7 Å². The molecule has 0 bridgehead atoms. The number of carbonyl (C=O) groups excluding carboxylic acids is 1. The van der Waals surface area contributed by atoms with Crippen molar-refractivity contribution in [2.45, 2.75) is 32.9 Å². The highest BCUT2D eigenvalue weighted by molar-refractivity contribution is 6.45. The Morgan fingerprint density at radius 1 is 0.941 bits per heavy atom. The van der Waals surface area contributed by atoms with Crippen molar-refractivity contribution in [3.63, 3.8) is 0 Å². The summed E-state index contributed by atoms with van der Waals surface area (Å²) in [5.41, 5.74) is 3.10. The highest BCUT2D eigenvalue weighted by Crippen LogP contribution is 2.48. The van der Waals surface area contributed by atoms with Crippen molar-refractivity contribution < 1.29 is 14.3 Å². The predicted molar refractivity (Wildman–Crippen MR) is 134 cm³/mol. The van der Waals surface area contributed by atoms with Crippen molar-refractivity contribution in [3.05, 3.63) is 89.5 Å². The first-order chi connectivity index (χ1) is 16.6. The zero-order valence-electron chi connectivity index (χ0n) is 19.8. The van der Waals surface area contributed by atoms with Crippen molar-refractivity contribution in [2.24, 2.45) is 5.10 Å². The lowest BCUT2D eigenvalue weighted by molar-refractivity contribution is 0.103. The number of hydrazone groups is 1. The number of carbonyl (C=O) groups is 1. The highest BCUT2D eigenvalue weighted by atomic mass is 16.5. The van der Waals surface area contributed by atoms with Crippen LogP contribution in [-0.4, -0.2) is 36.3 Å². The number of rotatable bonds is 7. The summed E-state index contributed by atoms with van der Waals surface area (Å²) >= 11 is 0. The molecule has 3 aromatic rings. The van der Waals surface area contributed by atoms with Crippen molar-refractivity contribution in [1.82, 2.24) is 4.90 Å². The van der Waals surface area contributed by atoms with Gasteiger partial charge in [0.15, 0.2) is 23.0 Å². The Bertz CT molecular complexity index is 1230. The van der Waals surface area contributed by atoms with E-state index in [4.69, 9.17) is 14.6 Å². The van der Waals surface area contributed by atoms with E-state index in [-0.39, 0.29) is 5.78 Å². The number of ketones is 1. The average molecular weight is 456 g/mol. The fraction of sp³-hybridized carbons (Fsp3) is 0.286. The molecule has 0 spiro atoms. The van der Waals surface area contributed by atoms with E-state index in [0.29, 0.717) is 36.9 Å². The fourth-order valence-electron chi connectivity index (χ4n) is 4.93. The number of anilines is 1. The lowest BCUT2D eigenvalue weighted by Crippen LogP contribution is -2.55. The van der Waals surface area contributed by atoms with Crippen LogP contribution in [0, 0.1) is 0 Å². The molecule has 34 heavy (non-hydrogen) atoms. The summed E-state index contributed by atoms with van der Waals surface area (Å²) in [5, 5.41) is 6.91. The molecule has 2 aliphatic rings. The Morgan fingerprint density at radius 3 is 2.21 bits per heavy atom. The van der Waals surface area contributed by atoms with E-state index in [1.165, 1.54) is 5.56 Å². The molecule has 0 radical (unpaired) electrons. The van der Waals surface area contributed by atoms with Crippen LogP contribution in [0.15, 0.2) is 77.9 Å². The zero-order chi connectivity index (χ0) is 23.7. The molecule has 174 valence electrons. The maximum absolute atomic E-state index is 13.6. The lowest BCUT2D eigenvalue weighted by atomic mass is 9.86. The number of benzene rings is 3. The number of Topliss-reactive ketones (excluding diaryl/α,β-unsaturated/α-hetero) is 1. The van der Waals surface area contributed by atoms with Gasteiger partial charge in [0.1, 0.15) is 0 Å². The summed E-state index contributed by atoms with van der Waals surface area (Å²) in [6.07, 6.45) is 0.779. The summed E-state index contributed by atoms with van der Waals surface area (Å²) in [4.78, 5) is 15.7. The monoisotopic (exact) mass is 455 g/mol. The molecule has 0 saturated heterocycles. The van der Waals surface area contributed by atoms with E-state index in [2.05, 4.69) is 24.0 Å². The molecule has 0 fully saturated rings. The maximum atomic E-state index is 13.6. The van der Waals surface area contributed by atoms with E-state index in [1.54, 1.807) is 0 Å². The van der Waals surface area contributed by atoms with Crippen LogP contribution in [0.5, 0.6) is 11.5 Å². The molecule has 0 amide bonds. The quantitative estimate of drug-likeness (QED) is 0.457. The van der Waals surface area contributed by atoms with E-state index in [0.717, 1.165) is 23.4 Å². The van der Waals surface area contributed by atoms with Gasteiger partial charge in [-0.05, 0) is 57.0 Å². The molecular weight excluding hydrogens is 426 g/mol. The molecule has 6 nitrogen and oxygen atoms in total. The average Bonchev–Trinajstić information content (AvgIpc) is 3.19. The molecule has 3 aromatic carbocycles. The third-order valence-electron chi connectivity index (χ3n) is 6.51. The summed E-state index contributed by atoms with van der Waals surface area (Å²) in [6.45, 7) is 7.84. The predicted octanol–water partition coefficient (Wildman–Crippen LogP) is 5.23. The van der Waals surface area contributed by atoms with Gasteiger partial charge in [0.05, 0.1) is 18.9 Å². The summed E-state index contributed by atoms with van der Waals surface area (Å²) in [6, 6.07) is 23.5. The molecular formula is C28H29N3O3. The molecule has 0 aliphatic carbocycles. The van der Waals surface area contributed by atoms with E-state index >= 15 is 0 Å². The second-order valence-corrected chi connectivity index (χ2v) is 8.51. The fourth-order valence-corrected chi connectivity index (χ4v) is 4.93. The van der Waals surface area contributed by atoms with Crippen LogP contribution in [0.25, 0.3) is 0 Å². The molecule has 6 heteroatoms. The van der Waals surface area contributed by atoms with Crippen LogP contribution < -0.4 is 14.5 Å². The van der Waals surface area contributed by atoms with E-state index in [1.807, 2.05) is 79.5 Å². The zero-order valence-corrected chi connectivity index (χ0v) is 19.8. The van der Waals surface area contributed by atoms with Gasteiger partial charge in [-0.25, -0.2) is 5.01 Å². The Kier molecular flexibility index (Phi) is 5.74. The topological polar surface area (TPSA) is 54.4 Å². The van der Waals surface area contributed by atoms with Crippen LogP contribution in [0.4, 0.5) is 5.69 Å². The number of hydrogen-bond donors (Lipinski definition) is 0. The SMILES string of the molecule is CCOc1cc2c(cc1OCC)[C@@]1(C)N(CC2)C(C(=O)c2ccccc2)=NN1c1ccccc1. The van der Waals surface area contributed by atoms with Crippen LogP contribution >= 0.6 is 0 Å². The first-order valence-corrected chi connectivity index (χ1v) is 11.8. The Hall–Kier alpha value is -3.80. The van der Waals surface area contributed by atoms with Gasteiger partial charge in [-0.1, -0.05) is 48.5 Å². The second kappa shape index (κ2) is 8.86. The minimum absolute atomic E-state index is 0.0790. The molecule has 0 saturated carbocycles. The molecule has 2 heterocycles. The third-order valence-corrected chi connectivity index (χ3v) is 6.51. The second-order valence-electron chi connectivity index (χ2n) is 8.51. The minimum atomic E-state index is -0.689. The van der Waals surface area contributed by atoms with Gasteiger partial charge >= 0.3 is 0 Å². The first kappa shape index (κ1) is 22.0. The van der Waals surface area contributed by atoms with Crippen molar-refractivity contribution >= 4 is 17.3 Å². The number of nitrogens with zero attached hydrogens (tertiary/aromatic N) is 3. The standard InChI is InChI=1S/C28H29N3O3/c1-4-33-24-18-21-16-17-30-27(26(32)20-12-8-6-9-13-20)29-31(22-14-10-7-11-15-22)28(30,3)23(21)19-25(24)34-5-2/h6-15,18-19H,4-5,16-17H2,1-3H3/t28-/m0/s1. The number of amidine groups is 1. The van der Waals surface area contributed by atoms with Crippen LogP contribution in [0.2, 0.25) is 0 Å². The number of hydrogen-bond acceptors (Lipinski definition) is 6. The van der Waals surface area contributed by atoms with Gasteiger partial charge in [0.25, 0.3) is 0 Å². The number of fused-ring (bicyclic) bond motifs is 3. The Balaban J connectivity index is 1.67. The summed E-state index contributed by atoms with van der Waals surface area (Å²) < 4.78 is 11.9. The molecule has 0 unspecified atom stereocenters. The molecule has 0 N–H and O–H groups in total. The van der Waals surface area contributed by atoms with Crippen molar-refractivity contribution in [2.75, 3.05) is 24.8 Å². The largest absolute Gasteiger partial charge is 0.490 e. The van der Waals surface area contributed by atoms with Gasteiger partial charge < -0.3 is 14.4 Å². The van der Waals surface area contributed by atoms with Crippen molar-refractivity contribution in [3.8, 4) is 11.5 Å². The van der Waals surface area contributed by atoms with E-state index < -0.39 is 5.66 Å². The van der Waals surface area contributed by atoms with E-state index in [9.17, 15) is 4.79 Å². The molecule has 2 aliphatic heterocycles. The normalized spacial score (nSPS) is 18.7. The first-order valence-electron chi connectivity index (χ1n) is 11.8. The van der Waals surface area contributed by atoms with Gasteiger partial charge in [0.2, 0.25) is 5.78 Å². The van der Waals surface area contributed by atoms with Gasteiger partial charge in [-0.3, -0.25) is 4.79 Å². The molecule has 0 aromatic heterocycles. The highest BCUT2D eigenvalue weighted by Gasteiger charge is 2.52. The smallest absolute Gasteiger partial charge is 0.229 e. The number of para-hydroxylation sites is 1. The summed E-state index contributed by atoms with van der Waals surface area (Å²) in [7, 11) is 0. The molecule has 5 rings (SSSR count). The Labute approximate surface area is 200 Å². The third kappa shape index (κ3) is 3.50. The Morgan fingerprint density at radius 2 is 1.56 bits per heavy atom.